The van der Waals surface area contributed by atoms with E-state index in [0.29, 0.717) is 5.56 Å². The number of rotatable bonds is 6. The van der Waals surface area contributed by atoms with E-state index < -0.39 is 32.9 Å². The molecule has 3 heterocycles. The van der Waals surface area contributed by atoms with Crippen LogP contribution < -0.4 is 5.32 Å². The maximum absolute atomic E-state index is 15.1. The number of alkyl halides is 1. The molecule has 1 unspecified atom stereocenters. The fourth-order valence-corrected chi connectivity index (χ4v) is 4.49. The van der Waals surface area contributed by atoms with Crippen molar-refractivity contribution in [2.24, 2.45) is 0 Å². The van der Waals surface area contributed by atoms with Crippen LogP contribution in [-0.2, 0) is 9.16 Å². The normalized spacial score (nSPS) is 23.4. The largest absolute Gasteiger partial charge is 0.414 e. The molecule has 1 fully saturated rings. The Morgan fingerprint density at radius 2 is 1.94 bits per heavy atom. The molecule has 34 heavy (non-hydrogen) atoms. The number of nitrogens with zero attached hydrogens (tertiary/aromatic N) is 4. The molecule has 2 N–H and O–H groups in total. The highest BCUT2D eigenvalue weighted by atomic mass is 28.4. The van der Waals surface area contributed by atoms with Gasteiger partial charge < -0.3 is 19.6 Å². The number of anilines is 1. The van der Waals surface area contributed by atoms with Crippen LogP contribution in [0, 0.1) is 0 Å². The SMILES string of the molecule is CC(C)(C)[Si](C)(C)OC[C@H]1OC(n2cnc3c(NC(=O)c4ccccc4)ncnc32)[C@H](F)[C@@H]1O. The molecule has 4 atom stereocenters. The van der Waals surface area contributed by atoms with Crippen LogP contribution in [0.15, 0.2) is 43.0 Å². The summed E-state index contributed by atoms with van der Waals surface area (Å²) in [6.07, 6.45) is -2.39. The van der Waals surface area contributed by atoms with E-state index in [1.807, 2.05) is 6.07 Å². The molecule has 0 aliphatic carbocycles. The highest BCUT2D eigenvalue weighted by molar-refractivity contribution is 6.74. The summed E-state index contributed by atoms with van der Waals surface area (Å²) >= 11 is 0. The van der Waals surface area contributed by atoms with E-state index in [1.165, 1.54) is 17.2 Å². The number of hydrogen-bond acceptors (Lipinski definition) is 7. The van der Waals surface area contributed by atoms with Gasteiger partial charge in [0.2, 0.25) is 0 Å². The van der Waals surface area contributed by atoms with E-state index in [2.05, 4.69) is 54.1 Å². The molecule has 0 radical (unpaired) electrons. The first kappa shape index (κ1) is 24.4. The Hall–Kier alpha value is -2.73. The monoisotopic (exact) mass is 487 g/mol. The number of benzene rings is 1. The number of hydrogen-bond donors (Lipinski definition) is 2. The van der Waals surface area contributed by atoms with Gasteiger partial charge in [-0.25, -0.2) is 19.3 Å². The molecule has 1 amide bonds. The second kappa shape index (κ2) is 9.14. The van der Waals surface area contributed by atoms with Crippen molar-refractivity contribution in [3.05, 3.63) is 48.5 Å². The number of nitrogens with one attached hydrogen (secondary N) is 1. The lowest BCUT2D eigenvalue weighted by atomic mass is 10.1. The standard InChI is InChI=1S/C23H30FN5O4Si/c1-23(2,3)34(4,5)32-11-15-18(30)16(24)22(33-15)29-13-27-17-19(25-12-26-20(17)29)28-21(31)14-9-7-6-8-10-14/h6-10,12-13,15-16,18,22,30H,11H2,1-5H3,(H,25,26,28,31)/t15-,16-,18-,22?/m1/s1. The zero-order valence-electron chi connectivity index (χ0n) is 19.9. The lowest BCUT2D eigenvalue weighted by molar-refractivity contribution is -0.0434. The van der Waals surface area contributed by atoms with Crippen LogP contribution in [0.5, 0.6) is 0 Å². The van der Waals surface area contributed by atoms with E-state index in [-0.39, 0.29) is 34.5 Å². The van der Waals surface area contributed by atoms with Gasteiger partial charge in [-0.3, -0.25) is 9.36 Å². The van der Waals surface area contributed by atoms with Gasteiger partial charge in [-0.2, -0.15) is 0 Å². The highest BCUT2D eigenvalue weighted by Gasteiger charge is 2.47. The first-order valence-electron chi connectivity index (χ1n) is 11.1. The summed E-state index contributed by atoms with van der Waals surface area (Å²) < 4.78 is 28.6. The summed E-state index contributed by atoms with van der Waals surface area (Å²) in [5.74, 6) is -0.154. The van der Waals surface area contributed by atoms with Crippen LogP contribution in [-0.4, -0.2) is 63.8 Å². The van der Waals surface area contributed by atoms with Gasteiger partial charge in [0.15, 0.2) is 37.7 Å². The Labute approximate surface area is 198 Å². The summed E-state index contributed by atoms with van der Waals surface area (Å²) in [5, 5.41) is 13.2. The first-order chi connectivity index (χ1) is 16.0. The third-order valence-electron chi connectivity index (χ3n) is 6.61. The number of aliphatic hydroxyl groups is 1. The second-order valence-electron chi connectivity index (χ2n) is 9.94. The molecule has 0 saturated carbocycles. The highest BCUT2D eigenvalue weighted by Crippen LogP contribution is 2.39. The van der Waals surface area contributed by atoms with Crippen LogP contribution in [0.4, 0.5) is 10.2 Å². The van der Waals surface area contributed by atoms with E-state index in [9.17, 15) is 9.90 Å². The number of imidazole rings is 1. The number of aromatic nitrogens is 4. The van der Waals surface area contributed by atoms with E-state index >= 15 is 4.39 Å². The summed E-state index contributed by atoms with van der Waals surface area (Å²) in [7, 11) is -2.10. The lowest BCUT2D eigenvalue weighted by Crippen LogP contribution is -2.44. The molecular formula is C23H30FN5O4Si. The molecule has 4 rings (SSSR count). The van der Waals surface area contributed by atoms with Gasteiger partial charge in [-0.1, -0.05) is 39.0 Å². The van der Waals surface area contributed by atoms with Crippen molar-refractivity contribution in [1.82, 2.24) is 19.5 Å². The molecule has 1 saturated heterocycles. The minimum atomic E-state index is -2.10. The van der Waals surface area contributed by atoms with Crippen LogP contribution in [0.2, 0.25) is 18.1 Å². The number of ether oxygens (including phenoxy) is 1. The number of amides is 1. The first-order valence-corrected chi connectivity index (χ1v) is 14.1. The van der Waals surface area contributed by atoms with Crippen molar-refractivity contribution in [1.29, 1.82) is 0 Å². The number of halogens is 1. The van der Waals surface area contributed by atoms with Gasteiger partial charge in [0.1, 0.15) is 18.5 Å². The van der Waals surface area contributed by atoms with Crippen molar-refractivity contribution < 1.29 is 23.5 Å². The summed E-state index contributed by atoms with van der Waals surface area (Å²) in [6, 6.07) is 8.69. The zero-order chi connectivity index (χ0) is 24.7. The molecule has 11 heteroatoms. The molecule has 0 bridgehead atoms. The summed E-state index contributed by atoms with van der Waals surface area (Å²) in [5.41, 5.74) is 1.03. The van der Waals surface area contributed by atoms with Crippen LogP contribution in [0.1, 0.15) is 37.4 Å². The predicted octanol–water partition coefficient (Wildman–Crippen LogP) is 3.70. The Balaban J connectivity index is 1.54. The van der Waals surface area contributed by atoms with Crippen LogP contribution in [0.25, 0.3) is 11.2 Å². The van der Waals surface area contributed by atoms with Crippen molar-refractivity contribution in [3.63, 3.8) is 0 Å². The summed E-state index contributed by atoms with van der Waals surface area (Å²) in [6.45, 7) is 10.6. The molecule has 1 aromatic carbocycles. The third kappa shape index (κ3) is 4.60. The number of fused-ring (bicyclic) bond motifs is 1. The fourth-order valence-electron chi connectivity index (χ4n) is 3.47. The van der Waals surface area contributed by atoms with Crippen molar-refractivity contribution >= 4 is 31.2 Å². The molecule has 182 valence electrons. The zero-order valence-corrected chi connectivity index (χ0v) is 20.9. The van der Waals surface area contributed by atoms with Crippen molar-refractivity contribution in [3.8, 4) is 0 Å². The van der Waals surface area contributed by atoms with E-state index in [4.69, 9.17) is 9.16 Å². The Kier molecular flexibility index (Phi) is 6.56. The second-order valence-corrected chi connectivity index (χ2v) is 14.7. The minimum absolute atomic E-state index is 0.0247. The van der Waals surface area contributed by atoms with Crippen molar-refractivity contribution in [2.45, 2.75) is 63.5 Å². The Morgan fingerprint density at radius 1 is 1.24 bits per heavy atom. The number of carbonyl (C=O) groups is 1. The fraction of sp³-hybridized carbons (Fsp3) is 0.478. The maximum atomic E-state index is 15.1. The smallest absolute Gasteiger partial charge is 0.256 e. The van der Waals surface area contributed by atoms with Gasteiger partial charge in [-0.05, 0) is 30.3 Å². The van der Waals surface area contributed by atoms with E-state index in [1.54, 1.807) is 24.3 Å². The molecule has 3 aromatic rings. The third-order valence-corrected chi connectivity index (χ3v) is 11.1. The number of carbonyl (C=O) groups excluding carboxylic acids is 1. The topological polar surface area (TPSA) is 111 Å². The summed E-state index contributed by atoms with van der Waals surface area (Å²) in [4.78, 5) is 25.2. The van der Waals surface area contributed by atoms with Gasteiger partial charge >= 0.3 is 0 Å². The van der Waals surface area contributed by atoms with Crippen LogP contribution in [0.3, 0.4) is 0 Å². The quantitative estimate of drug-likeness (QED) is 0.510. The molecule has 0 spiro atoms. The number of aliphatic hydroxyl groups excluding tert-OH is 1. The average Bonchev–Trinajstić information content (AvgIpc) is 3.34. The van der Waals surface area contributed by atoms with Gasteiger partial charge in [0.05, 0.1) is 12.9 Å². The molecular weight excluding hydrogens is 457 g/mol. The average molecular weight is 488 g/mol. The Bertz CT molecular complexity index is 1170. The van der Waals surface area contributed by atoms with Crippen LogP contribution >= 0.6 is 0 Å². The lowest BCUT2D eigenvalue weighted by Gasteiger charge is -2.37. The minimum Gasteiger partial charge on any atom is -0.414 e. The Morgan fingerprint density at radius 3 is 2.62 bits per heavy atom. The van der Waals surface area contributed by atoms with Gasteiger partial charge in [0.25, 0.3) is 5.91 Å². The molecule has 1 aliphatic rings. The van der Waals surface area contributed by atoms with Crippen molar-refractivity contribution in [2.75, 3.05) is 11.9 Å². The molecule has 2 aromatic heterocycles. The van der Waals surface area contributed by atoms with E-state index in [0.717, 1.165) is 0 Å². The predicted molar refractivity (Wildman–Crippen MR) is 128 cm³/mol. The van der Waals surface area contributed by atoms with Gasteiger partial charge in [0, 0.05) is 5.56 Å². The maximum Gasteiger partial charge on any atom is 0.256 e. The molecule has 9 nitrogen and oxygen atoms in total. The molecule has 1 aliphatic heterocycles. The van der Waals surface area contributed by atoms with Gasteiger partial charge in [-0.15, -0.1) is 0 Å².